The minimum absolute atomic E-state index is 0.275. The van der Waals surface area contributed by atoms with Gasteiger partial charge in [0.05, 0.1) is 40.3 Å². The highest BCUT2D eigenvalue weighted by Gasteiger charge is 2.16. The number of nitrogens with one attached hydrogen (secondary N) is 2. The average Bonchev–Trinajstić information content (AvgIpc) is 2.97. The van der Waals surface area contributed by atoms with E-state index in [1.165, 1.54) is 12.3 Å². The van der Waals surface area contributed by atoms with Crippen LogP contribution in [0.1, 0.15) is 23.7 Å². The molecule has 9 nitrogen and oxygen atoms in total. The van der Waals surface area contributed by atoms with Gasteiger partial charge in [0.15, 0.2) is 0 Å². The molecule has 0 unspecified atom stereocenters. The first kappa shape index (κ1) is 28.6. The number of benzene rings is 2. The average molecular weight is 547 g/mol. The molecule has 0 saturated heterocycles. The predicted octanol–water partition coefficient (Wildman–Crippen LogP) is 5.26. The van der Waals surface area contributed by atoms with Crippen LogP contribution in [-0.4, -0.2) is 48.0 Å². The number of carbonyl (C=O) groups excluding carboxylic acids is 1. The van der Waals surface area contributed by atoms with Gasteiger partial charge in [0.25, 0.3) is 0 Å². The third-order valence-corrected chi connectivity index (χ3v) is 5.89. The minimum Gasteiger partial charge on any atom is -0.492 e. The summed E-state index contributed by atoms with van der Waals surface area (Å²) in [6, 6.07) is 16.6. The summed E-state index contributed by atoms with van der Waals surface area (Å²) >= 11 is 0. The van der Waals surface area contributed by atoms with Crippen molar-refractivity contribution in [2.24, 2.45) is 0 Å². The third kappa shape index (κ3) is 7.39. The Balaban J connectivity index is 1.67. The largest absolute Gasteiger partial charge is 0.492 e. The van der Waals surface area contributed by atoms with Crippen LogP contribution in [0.3, 0.4) is 0 Å². The lowest BCUT2D eigenvalue weighted by molar-refractivity contribution is -0.111. The van der Waals surface area contributed by atoms with E-state index in [4.69, 9.17) is 15.9 Å². The van der Waals surface area contributed by atoms with E-state index in [9.17, 15) is 10.1 Å². The van der Waals surface area contributed by atoms with Crippen LogP contribution < -0.4 is 20.1 Å². The second kappa shape index (κ2) is 13.6. The van der Waals surface area contributed by atoms with Gasteiger partial charge in [-0.1, -0.05) is 18.1 Å². The Morgan fingerprint density at radius 2 is 1.95 bits per heavy atom. The zero-order valence-electron chi connectivity index (χ0n) is 23.1. The predicted molar refractivity (Wildman–Crippen MR) is 160 cm³/mol. The molecule has 0 atom stereocenters. The fourth-order valence-corrected chi connectivity index (χ4v) is 3.98. The van der Waals surface area contributed by atoms with Crippen molar-refractivity contribution in [1.29, 1.82) is 5.26 Å². The van der Waals surface area contributed by atoms with Crippen molar-refractivity contribution < 1.29 is 14.3 Å². The summed E-state index contributed by atoms with van der Waals surface area (Å²) in [5, 5.41) is 16.7. The molecule has 206 valence electrons. The molecule has 0 bridgehead atoms. The number of fused-ring (bicyclic) bond motifs is 1. The van der Waals surface area contributed by atoms with Crippen LogP contribution in [0.15, 0.2) is 73.1 Å². The van der Waals surface area contributed by atoms with E-state index in [1.807, 2.05) is 50.2 Å². The van der Waals surface area contributed by atoms with Crippen molar-refractivity contribution in [1.82, 2.24) is 14.9 Å². The SMILES string of the molecule is C#Cc1cc(Nc2c(C#N)cnc3cc(OCC)c(NC(=O)C=CCN(C)C)cc23)ccc1OCc1ccccn1. The summed E-state index contributed by atoms with van der Waals surface area (Å²) in [6.45, 7) is 3.16. The summed E-state index contributed by atoms with van der Waals surface area (Å²) < 4.78 is 11.7. The molecule has 2 aromatic heterocycles. The molecule has 4 aromatic rings. The highest BCUT2D eigenvalue weighted by Crippen LogP contribution is 2.36. The van der Waals surface area contributed by atoms with Crippen molar-refractivity contribution >= 4 is 33.9 Å². The van der Waals surface area contributed by atoms with Gasteiger partial charge in [0, 0.05) is 42.2 Å². The van der Waals surface area contributed by atoms with Gasteiger partial charge in [-0.2, -0.15) is 5.26 Å². The Hall–Kier alpha value is -5.38. The molecular formula is C32H30N6O3. The molecule has 0 radical (unpaired) electrons. The summed E-state index contributed by atoms with van der Waals surface area (Å²) in [5.41, 5.74) is 3.86. The maximum absolute atomic E-state index is 12.6. The second-order valence-electron chi connectivity index (χ2n) is 9.20. The molecule has 0 aliphatic heterocycles. The number of ether oxygens (including phenoxy) is 2. The Kier molecular flexibility index (Phi) is 9.50. The van der Waals surface area contributed by atoms with E-state index in [1.54, 1.807) is 36.5 Å². The number of anilines is 3. The van der Waals surface area contributed by atoms with Crippen molar-refractivity contribution in [3.8, 4) is 29.9 Å². The number of hydrogen-bond acceptors (Lipinski definition) is 8. The lowest BCUT2D eigenvalue weighted by atomic mass is 10.1. The highest BCUT2D eigenvalue weighted by molar-refractivity contribution is 6.04. The number of pyridine rings is 2. The number of aromatic nitrogens is 2. The molecule has 0 fully saturated rings. The summed E-state index contributed by atoms with van der Waals surface area (Å²) in [4.78, 5) is 23.3. The molecule has 1 amide bonds. The monoisotopic (exact) mass is 546 g/mol. The summed E-state index contributed by atoms with van der Waals surface area (Å²) in [7, 11) is 3.84. The van der Waals surface area contributed by atoms with Gasteiger partial charge in [-0.15, -0.1) is 6.42 Å². The summed E-state index contributed by atoms with van der Waals surface area (Å²) in [6.07, 6.45) is 12.2. The van der Waals surface area contributed by atoms with E-state index in [0.717, 1.165) is 5.69 Å². The van der Waals surface area contributed by atoms with Crippen molar-refractivity contribution in [2.45, 2.75) is 13.5 Å². The lowest BCUT2D eigenvalue weighted by Crippen LogP contribution is -2.13. The molecule has 41 heavy (non-hydrogen) atoms. The quantitative estimate of drug-likeness (QED) is 0.194. The first-order valence-electron chi connectivity index (χ1n) is 12.9. The molecule has 0 saturated carbocycles. The number of nitrogens with zero attached hydrogens (tertiary/aromatic N) is 4. The van der Waals surface area contributed by atoms with Crippen LogP contribution in [0.4, 0.5) is 17.1 Å². The maximum atomic E-state index is 12.6. The molecule has 0 aliphatic rings. The number of carbonyl (C=O) groups is 1. The van der Waals surface area contributed by atoms with Gasteiger partial charge >= 0.3 is 0 Å². The Morgan fingerprint density at radius 1 is 1.10 bits per heavy atom. The van der Waals surface area contributed by atoms with E-state index < -0.39 is 0 Å². The zero-order valence-corrected chi connectivity index (χ0v) is 23.1. The first-order valence-corrected chi connectivity index (χ1v) is 12.9. The van der Waals surface area contributed by atoms with Gasteiger partial charge in [-0.05, 0) is 57.4 Å². The number of terminal acetylenes is 1. The smallest absolute Gasteiger partial charge is 0.248 e. The van der Waals surface area contributed by atoms with Gasteiger partial charge in [0.2, 0.25) is 5.91 Å². The van der Waals surface area contributed by atoms with Crippen LogP contribution >= 0.6 is 0 Å². The molecule has 0 aliphatic carbocycles. The van der Waals surface area contributed by atoms with Crippen LogP contribution in [0.5, 0.6) is 11.5 Å². The number of rotatable bonds is 11. The fraction of sp³-hybridized carbons (Fsp3) is 0.188. The topological polar surface area (TPSA) is 112 Å². The molecule has 0 spiro atoms. The van der Waals surface area contributed by atoms with Crippen LogP contribution in [0, 0.1) is 23.7 Å². The second-order valence-corrected chi connectivity index (χ2v) is 9.20. The molecule has 2 N–H and O–H groups in total. The number of nitriles is 1. The van der Waals surface area contributed by atoms with E-state index >= 15 is 0 Å². The van der Waals surface area contributed by atoms with Crippen LogP contribution in [-0.2, 0) is 11.4 Å². The van der Waals surface area contributed by atoms with Crippen molar-refractivity contribution in [2.75, 3.05) is 37.9 Å². The van der Waals surface area contributed by atoms with Crippen molar-refractivity contribution in [3.05, 3.63) is 89.9 Å². The number of likely N-dealkylation sites (N-methyl/N-ethyl adjacent to an activating group) is 1. The Bertz CT molecular complexity index is 1650. The normalized spacial score (nSPS) is 10.8. The van der Waals surface area contributed by atoms with Crippen LogP contribution in [0.2, 0.25) is 0 Å². The van der Waals surface area contributed by atoms with Crippen LogP contribution in [0.25, 0.3) is 10.9 Å². The standard InChI is InChI=1S/C32H30N6O3/c1-5-22-16-24(12-13-29(22)41-21-25-10-7-8-14-34-25)36-32-23(19-33)20-35-27-18-30(40-6-2)28(17-26(27)32)37-31(39)11-9-15-38(3)4/h1,7-14,16-18,20H,6,15,21H2,2-4H3,(H,35,36)(H,37,39). The molecule has 4 rings (SSSR count). The van der Waals surface area contributed by atoms with Gasteiger partial charge in [-0.25, -0.2) is 0 Å². The Labute approximate surface area is 239 Å². The minimum atomic E-state index is -0.300. The summed E-state index contributed by atoms with van der Waals surface area (Å²) in [5.74, 6) is 3.38. The maximum Gasteiger partial charge on any atom is 0.248 e. The molecule has 2 heterocycles. The highest BCUT2D eigenvalue weighted by atomic mass is 16.5. The number of amides is 1. The van der Waals surface area contributed by atoms with E-state index in [-0.39, 0.29) is 12.5 Å². The van der Waals surface area contributed by atoms with E-state index in [2.05, 4.69) is 32.6 Å². The molecular weight excluding hydrogens is 516 g/mol. The first-order chi connectivity index (χ1) is 19.9. The number of hydrogen-bond donors (Lipinski definition) is 2. The Morgan fingerprint density at radius 3 is 2.66 bits per heavy atom. The van der Waals surface area contributed by atoms with Gasteiger partial charge < -0.3 is 25.0 Å². The third-order valence-electron chi connectivity index (χ3n) is 5.89. The lowest BCUT2D eigenvalue weighted by Gasteiger charge is -2.16. The zero-order chi connectivity index (χ0) is 29.2. The van der Waals surface area contributed by atoms with Crippen molar-refractivity contribution in [3.63, 3.8) is 0 Å². The molecule has 2 aromatic carbocycles. The van der Waals surface area contributed by atoms with E-state index in [0.29, 0.717) is 63.7 Å². The van der Waals surface area contributed by atoms with Gasteiger partial charge in [-0.3, -0.25) is 14.8 Å². The van der Waals surface area contributed by atoms with Gasteiger partial charge in [0.1, 0.15) is 24.2 Å². The fourth-order valence-electron chi connectivity index (χ4n) is 3.98. The molecule has 9 heteroatoms.